The van der Waals surface area contributed by atoms with Crippen molar-refractivity contribution in [1.82, 2.24) is 4.90 Å². The van der Waals surface area contributed by atoms with Gasteiger partial charge in [0, 0.05) is 31.2 Å². The number of benzene rings is 1. The van der Waals surface area contributed by atoms with E-state index in [1.54, 1.807) is 9.80 Å². The van der Waals surface area contributed by atoms with Crippen molar-refractivity contribution in [2.75, 3.05) is 24.5 Å². The molecule has 1 fully saturated rings. The largest absolute Gasteiger partial charge is 0.333 e. The molecule has 0 radical (unpaired) electrons. The van der Waals surface area contributed by atoms with Crippen LogP contribution < -0.4 is 10.6 Å². The van der Waals surface area contributed by atoms with Crippen LogP contribution in [0.1, 0.15) is 18.4 Å². The summed E-state index contributed by atoms with van der Waals surface area (Å²) in [5.74, 6) is 0.0378. The monoisotopic (exact) mass is 273 g/mol. The minimum atomic E-state index is -0.0390. The summed E-state index contributed by atoms with van der Waals surface area (Å²) in [6.07, 6.45) is 2.20. The van der Waals surface area contributed by atoms with Gasteiger partial charge in [0.1, 0.15) is 6.54 Å². The number of likely N-dealkylation sites (tertiary alicyclic amines) is 1. The van der Waals surface area contributed by atoms with Crippen LogP contribution in [0.15, 0.2) is 24.3 Å². The van der Waals surface area contributed by atoms with E-state index < -0.39 is 0 Å². The Morgan fingerprint density at radius 2 is 2.15 bits per heavy atom. The number of nitrogens with two attached hydrogens (primary N) is 1. The molecular weight excluding hydrogens is 254 g/mol. The molecule has 1 unspecified atom stereocenters. The molecule has 1 aromatic carbocycles. The number of amides is 2. The summed E-state index contributed by atoms with van der Waals surface area (Å²) in [6, 6.07) is 7.81. The molecule has 1 atom stereocenters. The third-order valence-corrected chi connectivity index (χ3v) is 3.98. The van der Waals surface area contributed by atoms with Crippen molar-refractivity contribution in [1.29, 1.82) is 0 Å². The molecule has 106 valence electrons. The lowest BCUT2D eigenvalue weighted by Crippen LogP contribution is -2.49. The zero-order valence-corrected chi connectivity index (χ0v) is 11.4. The van der Waals surface area contributed by atoms with Crippen LogP contribution in [-0.2, 0) is 16.0 Å². The number of hydrogen-bond donors (Lipinski definition) is 1. The third kappa shape index (κ3) is 2.41. The first-order valence-electron chi connectivity index (χ1n) is 7.07. The van der Waals surface area contributed by atoms with Crippen molar-refractivity contribution >= 4 is 17.5 Å². The van der Waals surface area contributed by atoms with E-state index in [9.17, 15) is 9.59 Å². The fourth-order valence-corrected chi connectivity index (χ4v) is 2.98. The molecule has 20 heavy (non-hydrogen) atoms. The highest BCUT2D eigenvalue weighted by Gasteiger charge is 2.29. The number of carbonyl (C=O) groups excluding carboxylic acids is 2. The first kappa shape index (κ1) is 13.1. The average molecular weight is 273 g/mol. The van der Waals surface area contributed by atoms with E-state index in [1.165, 1.54) is 0 Å². The molecule has 2 N–H and O–H groups in total. The van der Waals surface area contributed by atoms with Crippen LogP contribution in [0.2, 0.25) is 0 Å². The average Bonchev–Trinajstić information content (AvgIpc) is 2.83. The smallest absolute Gasteiger partial charge is 0.246 e. The number of rotatable bonds is 2. The lowest BCUT2D eigenvalue weighted by atomic mass is 9.98. The molecular formula is C15H19N3O2. The highest BCUT2D eigenvalue weighted by atomic mass is 16.2. The summed E-state index contributed by atoms with van der Waals surface area (Å²) < 4.78 is 0. The lowest BCUT2D eigenvalue weighted by Gasteiger charge is -2.34. The van der Waals surface area contributed by atoms with Crippen molar-refractivity contribution in [2.24, 2.45) is 5.73 Å². The van der Waals surface area contributed by atoms with E-state index in [4.69, 9.17) is 5.73 Å². The Morgan fingerprint density at radius 1 is 1.35 bits per heavy atom. The molecule has 5 nitrogen and oxygen atoms in total. The van der Waals surface area contributed by atoms with Crippen LogP contribution in [0, 0.1) is 0 Å². The minimum Gasteiger partial charge on any atom is -0.333 e. The fourth-order valence-electron chi connectivity index (χ4n) is 2.98. The Balaban J connectivity index is 1.79. The normalized spacial score (nSPS) is 22.1. The van der Waals surface area contributed by atoms with E-state index >= 15 is 0 Å². The Labute approximate surface area is 118 Å². The summed E-state index contributed by atoms with van der Waals surface area (Å²) in [5, 5.41) is 0. The van der Waals surface area contributed by atoms with Crippen molar-refractivity contribution in [3.8, 4) is 0 Å². The maximum absolute atomic E-state index is 12.5. The molecule has 2 aliphatic heterocycles. The van der Waals surface area contributed by atoms with Crippen molar-refractivity contribution in [2.45, 2.75) is 25.3 Å². The maximum atomic E-state index is 12.5. The molecule has 2 amide bonds. The molecule has 0 aliphatic carbocycles. The number of carbonyl (C=O) groups is 2. The number of fused-ring (bicyclic) bond motifs is 1. The summed E-state index contributed by atoms with van der Waals surface area (Å²) in [6.45, 7) is 1.38. The van der Waals surface area contributed by atoms with Gasteiger partial charge in [-0.25, -0.2) is 0 Å². The van der Waals surface area contributed by atoms with Gasteiger partial charge >= 0.3 is 0 Å². The number of anilines is 1. The SMILES string of the molecule is NC1Cc2ccccc2N(C(=O)CN2CCCC2=O)C1. The second-order valence-corrected chi connectivity index (χ2v) is 5.52. The van der Waals surface area contributed by atoms with Gasteiger partial charge in [-0.05, 0) is 24.5 Å². The van der Waals surface area contributed by atoms with E-state index in [0.29, 0.717) is 19.5 Å². The highest BCUT2D eigenvalue weighted by Crippen LogP contribution is 2.26. The fraction of sp³-hybridized carbons (Fsp3) is 0.467. The van der Waals surface area contributed by atoms with E-state index in [2.05, 4.69) is 0 Å². The van der Waals surface area contributed by atoms with E-state index in [0.717, 1.165) is 24.1 Å². The Morgan fingerprint density at radius 3 is 2.90 bits per heavy atom. The van der Waals surface area contributed by atoms with Crippen LogP contribution in [-0.4, -0.2) is 42.4 Å². The first-order valence-corrected chi connectivity index (χ1v) is 7.07. The van der Waals surface area contributed by atoms with Crippen molar-refractivity contribution in [3.63, 3.8) is 0 Å². The molecule has 0 aromatic heterocycles. The quantitative estimate of drug-likeness (QED) is 0.854. The molecule has 0 spiro atoms. The van der Waals surface area contributed by atoms with E-state index in [-0.39, 0.29) is 24.4 Å². The third-order valence-electron chi connectivity index (χ3n) is 3.98. The maximum Gasteiger partial charge on any atom is 0.246 e. The van der Waals surface area contributed by atoms with Gasteiger partial charge in [0.05, 0.1) is 0 Å². The van der Waals surface area contributed by atoms with Gasteiger partial charge in [-0.1, -0.05) is 18.2 Å². The van der Waals surface area contributed by atoms with Gasteiger partial charge in [0.15, 0.2) is 0 Å². The topological polar surface area (TPSA) is 66.6 Å². The second-order valence-electron chi connectivity index (χ2n) is 5.52. The first-order chi connectivity index (χ1) is 9.65. The standard InChI is InChI=1S/C15H19N3O2/c16-12-8-11-4-1-2-5-13(11)18(9-12)15(20)10-17-7-3-6-14(17)19/h1-2,4-5,12H,3,6-10,16H2. The van der Waals surface area contributed by atoms with Gasteiger partial charge in [-0.3, -0.25) is 9.59 Å². The molecule has 5 heteroatoms. The Hall–Kier alpha value is -1.88. The summed E-state index contributed by atoms with van der Waals surface area (Å²) >= 11 is 0. The Kier molecular flexibility index (Phi) is 3.44. The zero-order valence-electron chi connectivity index (χ0n) is 11.4. The van der Waals surface area contributed by atoms with Gasteiger partial charge in [0.25, 0.3) is 0 Å². The molecule has 2 heterocycles. The predicted octanol–water partition coefficient (Wildman–Crippen LogP) is 0.525. The van der Waals surface area contributed by atoms with Crippen molar-refractivity contribution in [3.05, 3.63) is 29.8 Å². The minimum absolute atomic E-state index is 0.0388. The van der Waals surface area contributed by atoms with Gasteiger partial charge in [0.2, 0.25) is 11.8 Å². The molecule has 1 saturated heterocycles. The highest BCUT2D eigenvalue weighted by molar-refractivity contribution is 5.98. The number of hydrogen-bond acceptors (Lipinski definition) is 3. The summed E-state index contributed by atoms with van der Waals surface area (Å²) in [4.78, 5) is 27.5. The summed E-state index contributed by atoms with van der Waals surface area (Å²) in [5.41, 5.74) is 8.08. The molecule has 1 aromatic rings. The van der Waals surface area contributed by atoms with Crippen LogP contribution in [0.4, 0.5) is 5.69 Å². The Bertz CT molecular complexity index is 544. The molecule has 2 aliphatic rings. The molecule has 0 saturated carbocycles. The number of para-hydroxylation sites is 1. The van der Waals surface area contributed by atoms with Crippen molar-refractivity contribution < 1.29 is 9.59 Å². The zero-order chi connectivity index (χ0) is 14.1. The van der Waals surface area contributed by atoms with Crippen LogP contribution >= 0.6 is 0 Å². The van der Waals surface area contributed by atoms with E-state index in [1.807, 2.05) is 24.3 Å². The lowest BCUT2D eigenvalue weighted by molar-refractivity contribution is -0.132. The van der Waals surface area contributed by atoms with Gasteiger partial charge < -0.3 is 15.5 Å². The van der Waals surface area contributed by atoms with Crippen LogP contribution in [0.3, 0.4) is 0 Å². The van der Waals surface area contributed by atoms with Gasteiger partial charge in [-0.2, -0.15) is 0 Å². The van der Waals surface area contributed by atoms with Crippen LogP contribution in [0.5, 0.6) is 0 Å². The van der Waals surface area contributed by atoms with Crippen LogP contribution in [0.25, 0.3) is 0 Å². The van der Waals surface area contributed by atoms with Gasteiger partial charge in [-0.15, -0.1) is 0 Å². The molecule has 0 bridgehead atoms. The number of nitrogens with zero attached hydrogens (tertiary/aromatic N) is 2. The second kappa shape index (κ2) is 5.25. The molecule has 3 rings (SSSR count). The summed E-state index contributed by atoms with van der Waals surface area (Å²) in [7, 11) is 0. The predicted molar refractivity (Wildman–Crippen MR) is 76.3 cm³/mol.